The minimum atomic E-state index is -0.757. The van der Waals surface area contributed by atoms with Gasteiger partial charge in [0.2, 0.25) is 0 Å². The summed E-state index contributed by atoms with van der Waals surface area (Å²) in [7, 11) is 0. The number of alkyl halides is 1. The molecule has 0 unspecified atom stereocenters. The molecule has 0 radical (unpaired) electrons. The Hall–Kier alpha value is -1.50. The van der Waals surface area contributed by atoms with Crippen LogP contribution in [-0.2, 0) is 6.54 Å². The van der Waals surface area contributed by atoms with Gasteiger partial charge in [0.05, 0.1) is 0 Å². The van der Waals surface area contributed by atoms with Crippen LogP contribution in [0.3, 0.4) is 0 Å². The van der Waals surface area contributed by atoms with Crippen LogP contribution in [0.15, 0.2) is 19.0 Å². The van der Waals surface area contributed by atoms with Crippen molar-refractivity contribution in [1.82, 2.24) is 13.7 Å². The Labute approximate surface area is 81.0 Å². The highest BCUT2D eigenvalue weighted by atomic mass is 35.5. The molecule has 3 aromatic rings. The van der Waals surface area contributed by atoms with Crippen LogP contribution in [-0.4, -0.2) is 19.6 Å². The summed E-state index contributed by atoms with van der Waals surface area (Å²) < 4.78 is 6.42. The van der Waals surface area contributed by atoms with E-state index in [1.807, 2.05) is 0 Å². The zero-order chi connectivity index (χ0) is 10.3. The summed E-state index contributed by atoms with van der Waals surface area (Å²) in [6, 6.07) is 0. The van der Waals surface area contributed by atoms with Crippen LogP contribution in [0.4, 0.5) is 0 Å². The molecule has 8 heteroatoms. The SMILES string of the molecule is O=c1n(CCCCl)c(=O)n2on1c2=O. The molecule has 7 nitrogen and oxygen atoms in total. The summed E-state index contributed by atoms with van der Waals surface area (Å²) in [6.07, 6.45) is 0.481. The molecule has 0 aliphatic rings. The first-order chi connectivity index (χ1) is 6.66. The van der Waals surface area contributed by atoms with Gasteiger partial charge in [0.15, 0.2) is 0 Å². The van der Waals surface area contributed by atoms with Gasteiger partial charge in [0, 0.05) is 12.4 Å². The smallest absolute Gasteiger partial charge is 0.263 e. The highest BCUT2D eigenvalue weighted by molar-refractivity contribution is 6.17. The zero-order valence-electron chi connectivity index (χ0n) is 6.97. The molecule has 3 rings (SSSR count). The van der Waals surface area contributed by atoms with Crippen molar-refractivity contribution in [2.24, 2.45) is 0 Å². The normalized spacial score (nSPS) is 11.5. The average molecular weight is 220 g/mol. The van der Waals surface area contributed by atoms with Gasteiger partial charge >= 0.3 is 17.1 Å². The zero-order valence-corrected chi connectivity index (χ0v) is 7.73. The van der Waals surface area contributed by atoms with Crippen LogP contribution in [0.25, 0.3) is 0 Å². The van der Waals surface area contributed by atoms with Gasteiger partial charge in [-0.1, -0.05) is 0 Å². The van der Waals surface area contributed by atoms with E-state index in [9.17, 15) is 14.4 Å². The van der Waals surface area contributed by atoms with Crippen molar-refractivity contribution < 1.29 is 4.63 Å². The third-order valence-electron chi connectivity index (χ3n) is 1.84. The van der Waals surface area contributed by atoms with Crippen molar-refractivity contribution in [3.05, 3.63) is 31.5 Å². The quantitative estimate of drug-likeness (QED) is 0.594. The number of aromatic nitrogens is 3. The Kier molecular flexibility index (Phi) is 1.95. The number of rotatable bonds is 3. The molecule has 0 amide bonds. The molecule has 3 heterocycles. The van der Waals surface area contributed by atoms with E-state index in [-0.39, 0.29) is 6.54 Å². The van der Waals surface area contributed by atoms with E-state index < -0.39 is 17.1 Å². The first-order valence-electron chi connectivity index (χ1n) is 3.90. The van der Waals surface area contributed by atoms with E-state index in [4.69, 9.17) is 11.6 Å². The number of fused-ring (bicyclic) bond motifs is 2. The van der Waals surface area contributed by atoms with Gasteiger partial charge < -0.3 is 0 Å². The molecule has 2 bridgehead atoms. The topological polar surface area (TPSA) is 78.1 Å². The van der Waals surface area contributed by atoms with E-state index in [0.29, 0.717) is 21.4 Å². The van der Waals surface area contributed by atoms with E-state index in [0.717, 1.165) is 4.57 Å². The standard InChI is InChI=1S/C6H6ClN3O4/c7-2-1-3-8-4(11)9-6(13)10(14-9)5(8)12/h1-3H2. The average Bonchev–Trinajstić information content (AvgIpc) is 2.15. The maximum atomic E-state index is 11.3. The van der Waals surface area contributed by atoms with E-state index in [1.54, 1.807) is 0 Å². The van der Waals surface area contributed by atoms with Crippen molar-refractivity contribution in [2.75, 3.05) is 5.88 Å². The molecular formula is C6H6ClN3O4. The van der Waals surface area contributed by atoms with Gasteiger partial charge in [-0.3, -0.25) is 4.63 Å². The van der Waals surface area contributed by atoms with Gasteiger partial charge in [-0.05, 0) is 15.6 Å². The molecule has 0 fully saturated rings. The number of nitrogens with zero attached hydrogens (tertiary/aromatic N) is 3. The van der Waals surface area contributed by atoms with Crippen molar-refractivity contribution >= 4 is 11.6 Å². The molecule has 0 N–H and O–H groups in total. The molecule has 0 aliphatic heterocycles. The van der Waals surface area contributed by atoms with Crippen LogP contribution < -0.4 is 17.1 Å². The molecule has 0 aromatic carbocycles. The number of hydrogen-bond donors (Lipinski definition) is 0. The third kappa shape index (κ3) is 1.02. The van der Waals surface area contributed by atoms with Gasteiger partial charge in [-0.25, -0.2) is 19.0 Å². The maximum Gasteiger partial charge on any atom is 0.408 e. The van der Waals surface area contributed by atoms with Crippen molar-refractivity contribution in [3.63, 3.8) is 0 Å². The maximum absolute atomic E-state index is 11.3. The van der Waals surface area contributed by atoms with Gasteiger partial charge in [0.25, 0.3) is 0 Å². The largest absolute Gasteiger partial charge is 0.408 e. The summed E-state index contributed by atoms with van der Waals surface area (Å²) >= 11 is 5.42. The lowest BCUT2D eigenvalue weighted by Crippen LogP contribution is -2.54. The van der Waals surface area contributed by atoms with Crippen molar-refractivity contribution in [3.8, 4) is 0 Å². The molecular weight excluding hydrogens is 214 g/mol. The minimum Gasteiger partial charge on any atom is -0.263 e. The van der Waals surface area contributed by atoms with Gasteiger partial charge in [-0.2, -0.15) is 0 Å². The highest BCUT2D eigenvalue weighted by Crippen LogP contribution is 1.86. The summed E-state index contributed by atoms with van der Waals surface area (Å²) in [5.41, 5.74) is -2.26. The lowest BCUT2D eigenvalue weighted by Gasteiger charge is -2.07. The lowest BCUT2D eigenvalue weighted by atomic mass is 10.5. The highest BCUT2D eigenvalue weighted by Gasteiger charge is 2.18. The first-order valence-corrected chi connectivity index (χ1v) is 4.44. The molecule has 0 spiro atoms. The molecule has 76 valence electrons. The summed E-state index contributed by atoms with van der Waals surface area (Å²) in [6.45, 7) is 0.185. The second-order valence-corrected chi connectivity index (χ2v) is 3.09. The second-order valence-electron chi connectivity index (χ2n) is 2.71. The third-order valence-corrected chi connectivity index (χ3v) is 2.10. The number of halogens is 1. The lowest BCUT2D eigenvalue weighted by molar-refractivity contribution is 0.0824. The Morgan fingerprint density at radius 2 is 1.64 bits per heavy atom. The fraction of sp³-hybridized carbons (Fsp3) is 0.500. The van der Waals surface area contributed by atoms with Crippen molar-refractivity contribution in [2.45, 2.75) is 13.0 Å². The van der Waals surface area contributed by atoms with E-state index in [1.165, 1.54) is 0 Å². The molecule has 3 aromatic heterocycles. The predicted molar refractivity (Wildman–Crippen MR) is 46.4 cm³/mol. The molecule has 0 aliphatic carbocycles. The first kappa shape index (κ1) is 9.07. The van der Waals surface area contributed by atoms with Gasteiger partial charge in [-0.15, -0.1) is 11.6 Å². The molecule has 14 heavy (non-hydrogen) atoms. The summed E-state index contributed by atoms with van der Waals surface area (Å²) in [5, 5.41) is 0. The Balaban J connectivity index is 2.61. The molecule has 0 atom stereocenters. The fourth-order valence-electron chi connectivity index (χ4n) is 1.14. The van der Waals surface area contributed by atoms with Crippen molar-refractivity contribution in [1.29, 1.82) is 0 Å². The Bertz CT molecular complexity index is 558. The van der Waals surface area contributed by atoms with Crippen LogP contribution in [0, 0.1) is 0 Å². The van der Waals surface area contributed by atoms with Crippen LogP contribution in [0.2, 0.25) is 0 Å². The van der Waals surface area contributed by atoms with E-state index in [2.05, 4.69) is 4.63 Å². The molecule has 0 saturated heterocycles. The predicted octanol–water partition coefficient (Wildman–Crippen LogP) is -1.42. The molecule has 0 saturated carbocycles. The van der Waals surface area contributed by atoms with Crippen LogP contribution in [0.5, 0.6) is 0 Å². The second kappa shape index (κ2) is 3.02. The Morgan fingerprint density at radius 1 is 1.07 bits per heavy atom. The minimum absolute atomic E-state index is 0.185. The summed E-state index contributed by atoms with van der Waals surface area (Å²) in [5.74, 6) is 0.339. The number of hydrogen-bond acceptors (Lipinski definition) is 4. The fourth-order valence-corrected chi connectivity index (χ4v) is 1.26. The van der Waals surface area contributed by atoms with E-state index >= 15 is 0 Å². The monoisotopic (exact) mass is 219 g/mol. The summed E-state index contributed by atoms with van der Waals surface area (Å²) in [4.78, 5) is 33.5. The Morgan fingerprint density at radius 3 is 2.07 bits per heavy atom. The van der Waals surface area contributed by atoms with Crippen LogP contribution >= 0.6 is 11.6 Å². The van der Waals surface area contributed by atoms with Crippen LogP contribution in [0.1, 0.15) is 6.42 Å². The van der Waals surface area contributed by atoms with Gasteiger partial charge in [0.1, 0.15) is 0 Å².